The predicted octanol–water partition coefficient (Wildman–Crippen LogP) is 2.72. The van der Waals surface area contributed by atoms with Crippen molar-refractivity contribution in [3.8, 4) is 0 Å². The van der Waals surface area contributed by atoms with Crippen molar-refractivity contribution >= 4 is 26.0 Å². The lowest BCUT2D eigenvalue weighted by Gasteiger charge is -2.17. The Morgan fingerprint density at radius 3 is 2.57 bits per heavy atom. The summed E-state index contributed by atoms with van der Waals surface area (Å²) in [6, 6.07) is 11.9. The average Bonchev–Trinajstić information content (AvgIpc) is 2.43. The Balaban J connectivity index is 2.19. The molecule has 1 N–H and O–H groups in total. The third-order valence-corrected chi connectivity index (χ3v) is 4.23. The summed E-state index contributed by atoms with van der Waals surface area (Å²) in [4.78, 5) is 4.15. The van der Waals surface area contributed by atoms with E-state index < -0.39 is 10.0 Å². The molecule has 6 heteroatoms. The normalized spacial score (nSPS) is 13.0. The van der Waals surface area contributed by atoms with Crippen molar-refractivity contribution in [3.05, 3.63) is 64.4 Å². The van der Waals surface area contributed by atoms with Gasteiger partial charge in [-0.2, -0.15) is 0 Å². The van der Waals surface area contributed by atoms with E-state index in [9.17, 15) is 8.42 Å². The Kier molecular flexibility index (Phi) is 5.50. The zero-order valence-corrected chi connectivity index (χ0v) is 14.1. The number of nitrogens with one attached hydrogen (secondary N) is 1. The van der Waals surface area contributed by atoms with Crippen LogP contribution < -0.4 is 4.72 Å². The van der Waals surface area contributed by atoms with Crippen molar-refractivity contribution < 1.29 is 8.42 Å². The largest absolute Gasteiger partial charge is 0.263 e. The smallest absolute Gasteiger partial charge is 0.208 e. The molecular formula is C15H17BrN2O2S. The molecule has 0 aliphatic rings. The van der Waals surface area contributed by atoms with Gasteiger partial charge in [-0.15, -0.1) is 0 Å². The van der Waals surface area contributed by atoms with Crippen molar-refractivity contribution in [2.75, 3.05) is 12.8 Å². The second-order valence-electron chi connectivity index (χ2n) is 4.94. The van der Waals surface area contributed by atoms with Crippen molar-refractivity contribution in [3.63, 3.8) is 0 Å². The number of sulfonamides is 1. The van der Waals surface area contributed by atoms with Crippen LogP contribution in [-0.2, 0) is 16.4 Å². The summed E-state index contributed by atoms with van der Waals surface area (Å²) in [5.74, 6) is 0.0667. The van der Waals surface area contributed by atoms with Gasteiger partial charge in [0.25, 0.3) is 0 Å². The minimum Gasteiger partial charge on any atom is -0.263 e. The lowest BCUT2D eigenvalue weighted by atomic mass is 9.93. The Morgan fingerprint density at radius 1 is 1.24 bits per heavy atom. The van der Waals surface area contributed by atoms with Gasteiger partial charge in [-0.05, 0) is 39.5 Å². The first kappa shape index (κ1) is 16.1. The molecule has 0 unspecified atom stereocenters. The maximum absolute atomic E-state index is 11.3. The van der Waals surface area contributed by atoms with Gasteiger partial charge in [0.15, 0.2) is 0 Å². The van der Waals surface area contributed by atoms with Crippen molar-refractivity contribution in [2.45, 2.75) is 12.3 Å². The summed E-state index contributed by atoms with van der Waals surface area (Å²) in [5.41, 5.74) is 2.17. The SMILES string of the molecule is CS(=O)(=O)NC[C@H](Cc1cncc(Br)c1)c1ccccc1. The molecular weight excluding hydrogens is 352 g/mol. The molecule has 0 aliphatic carbocycles. The fourth-order valence-electron chi connectivity index (χ4n) is 2.14. The minimum atomic E-state index is -3.20. The highest BCUT2D eigenvalue weighted by Crippen LogP contribution is 2.21. The van der Waals surface area contributed by atoms with Crippen LogP contribution in [0, 0.1) is 0 Å². The summed E-state index contributed by atoms with van der Waals surface area (Å²) in [7, 11) is -3.20. The Bertz CT molecular complexity index is 690. The number of aromatic nitrogens is 1. The number of halogens is 1. The van der Waals surface area contributed by atoms with Crippen molar-refractivity contribution in [2.24, 2.45) is 0 Å². The average molecular weight is 369 g/mol. The van der Waals surface area contributed by atoms with Crippen LogP contribution in [0.3, 0.4) is 0 Å². The van der Waals surface area contributed by atoms with Crippen molar-refractivity contribution in [1.82, 2.24) is 9.71 Å². The van der Waals surface area contributed by atoms with E-state index in [1.54, 1.807) is 12.4 Å². The zero-order chi connectivity index (χ0) is 15.3. The molecule has 112 valence electrons. The third kappa shape index (κ3) is 5.57. The number of rotatable bonds is 6. The van der Waals surface area contributed by atoms with E-state index in [0.29, 0.717) is 6.54 Å². The van der Waals surface area contributed by atoms with Crippen LogP contribution in [0.5, 0.6) is 0 Å². The van der Waals surface area contributed by atoms with Gasteiger partial charge in [0.2, 0.25) is 10.0 Å². The van der Waals surface area contributed by atoms with Crippen LogP contribution >= 0.6 is 15.9 Å². The fourth-order valence-corrected chi connectivity index (χ4v) is 3.05. The molecule has 1 heterocycles. The molecule has 2 aromatic rings. The molecule has 0 saturated carbocycles. The van der Waals surface area contributed by atoms with Gasteiger partial charge in [-0.1, -0.05) is 30.3 Å². The standard InChI is InChI=1S/C15H17BrN2O2S/c1-21(19,20)18-10-14(13-5-3-2-4-6-13)7-12-8-15(16)11-17-9-12/h2-6,8-9,11,14,18H,7,10H2,1H3/t14-/m0/s1. The lowest BCUT2D eigenvalue weighted by molar-refractivity contribution is 0.574. The van der Waals surface area contributed by atoms with E-state index in [1.807, 2.05) is 36.4 Å². The van der Waals surface area contributed by atoms with Crippen LogP contribution in [0.4, 0.5) is 0 Å². The topological polar surface area (TPSA) is 59.1 Å². The Morgan fingerprint density at radius 2 is 1.95 bits per heavy atom. The highest BCUT2D eigenvalue weighted by atomic mass is 79.9. The highest BCUT2D eigenvalue weighted by molar-refractivity contribution is 9.10. The quantitative estimate of drug-likeness (QED) is 0.852. The first-order valence-corrected chi connectivity index (χ1v) is 9.21. The maximum atomic E-state index is 11.3. The minimum absolute atomic E-state index is 0.0667. The number of pyridine rings is 1. The first-order chi connectivity index (χ1) is 9.94. The van der Waals surface area contributed by atoms with Gasteiger partial charge in [-0.25, -0.2) is 13.1 Å². The van der Waals surface area contributed by atoms with Gasteiger partial charge >= 0.3 is 0 Å². The molecule has 0 saturated heterocycles. The van der Waals surface area contributed by atoms with Gasteiger partial charge in [0, 0.05) is 29.3 Å². The number of hydrogen-bond acceptors (Lipinski definition) is 3. The van der Waals surface area contributed by atoms with E-state index in [4.69, 9.17) is 0 Å². The first-order valence-electron chi connectivity index (χ1n) is 6.53. The molecule has 1 atom stereocenters. The third-order valence-electron chi connectivity index (χ3n) is 3.11. The van der Waals surface area contributed by atoms with Gasteiger partial charge in [0.1, 0.15) is 0 Å². The molecule has 0 spiro atoms. The highest BCUT2D eigenvalue weighted by Gasteiger charge is 2.15. The summed E-state index contributed by atoms with van der Waals surface area (Å²) in [6.45, 7) is 0.370. The Hall–Kier alpha value is -1.24. The summed E-state index contributed by atoms with van der Waals surface area (Å²) < 4.78 is 26.2. The van der Waals surface area contributed by atoms with Gasteiger partial charge < -0.3 is 0 Å². The lowest BCUT2D eigenvalue weighted by Crippen LogP contribution is -2.28. The molecule has 0 radical (unpaired) electrons. The molecule has 1 aromatic heterocycles. The molecule has 0 fully saturated rings. The summed E-state index contributed by atoms with van der Waals surface area (Å²) in [5, 5.41) is 0. The second-order valence-corrected chi connectivity index (χ2v) is 7.69. The van der Waals surface area contributed by atoms with E-state index >= 15 is 0 Å². The van der Waals surface area contributed by atoms with Crippen LogP contribution in [0.2, 0.25) is 0 Å². The molecule has 2 rings (SSSR count). The summed E-state index contributed by atoms with van der Waals surface area (Å²) >= 11 is 3.41. The van der Waals surface area contributed by atoms with Crippen LogP contribution in [-0.4, -0.2) is 26.2 Å². The number of nitrogens with zero attached hydrogens (tertiary/aromatic N) is 1. The predicted molar refractivity (Wildman–Crippen MR) is 87.7 cm³/mol. The second kappa shape index (κ2) is 7.15. The fraction of sp³-hybridized carbons (Fsp3) is 0.267. The van der Waals surface area contributed by atoms with E-state index in [-0.39, 0.29) is 5.92 Å². The van der Waals surface area contributed by atoms with Crippen LogP contribution in [0.15, 0.2) is 53.3 Å². The van der Waals surface area contributed by atoms with Crippen molar-refractivity contribution in [1.29, 1.82) is 0 Å². The van der Waals surface area contributed by atoms with E-state index in [0.717, 1.165) is 22.0 Å². The van der Waals surface area contributed by atoms with E-state index in [2.05, 4.69) is 25.6 Å². The van der Waals surface area contributed by atoms with Gasteiger partial charge in [-0.3, -0.25) is 4.98 Å². The molecule has 0 amide bonds. The van der Waals surface area contributed by atoms with Gasteiger partial charge in [0.05, 0.1) is 6.26 Å². The molecule has 4 nitrogen and oxygen atoms in total. The van der Waals surface area contributed by atoms with Crippen LogP contribution in [0.1, 0.15) is 17.0 Å². The van der Waals surface area contributed by atoms with Crippen LogP contribution in [0.25, 0.3) is 0 Å². The zero-order valence-electron chi connectivity index (χ0n) is 11.7. The maximum Gasteiger partial charge on any atom is 0.208 e. The Labute approximate surface area is 133 Å². The molecule has 21 heavy (non-hydrogen) atoms. The molecule has 0 bridgehead atoms. The summed E-state index contributed by atoms with van der Waals surface area (Å²) in [6.07, 6.45) is 5.44. The number of hydrogen-bond donors (Lipinski definition) is 1. The number of benzene rings is 1. The monoisotopic (exact) mass is 368 g/mol. The molecule has 0 aliphatic heterocycles. The molecule has 1 aromatic carbocycles. The van der Waals surface area contributed by atoms with E-state index in [1.165, 1.54) is 6.26 Å².